The van der Waals surface area contributed by atoms with Crippen molar-refractivity contribution in [3.63, 3.8) is 0 Å². The van der Waals surface area contributed by atoms with Gasteiger partial charge in [-0.05, 0) is 122 Å². The molecule has 0 saturated carbocycles. The molecule has 0 spiro atoms. The molecule has 0 aliphatic carbocycles. The molecule has 0 aromatic heterocycles. The average Bonchev–Trinajstić information content (AvgIpc) is 3.46. The first kappa shape index (κ1) is 77.9. The Morgan fingerprint density at radius 1 is 0.361 bits per heavy atom. The molecular weight excluding hydrogens is 1030 g/mol. The average molecular weight is 1150 g/mol. The molecule has 2 unspecified atom stereocenters. The second-order valence-electron chi connectivity index (χ2n) is 22.3. The maximum Gasteiger partial charge on any atom is 0.306 e. The predicted molar refractivity (Wildman–Crippen MR) is 352 cm³/mol. The Kier molecular flexibility index (Phi) is 59.1. The third-order valence-corrected chi connectivity index (χ3v) is 13.3. The van der Waals surface area contributed by atoms with E-state index in [-0.39, 0.29) is 38.6 Å². The number of hydrogen-bond donors (Lipinski definition) is 0. The molecule has 0 radical (unpaired) electrons. The highest BCUT2D eigenvalue weighted by Crippen LogP contribution is 2.15. The molecule has 0 saturated heterocycles. The molecule has 0 heterocycles. The Bertz CT molecular complexity index is 1920. The highest BCUT2D eigenvalue weighted by Gasteiger charge is 2.22. The van der Waals surface area contributed by atoms with Crippen molar-refractivity contribution < 1.29 is 42.9 Å². The smallest absolute Gasteiger partial charge is 0.306 e. The first-order chi connectivity index (χ1) is 40.6. The van der Waals surface area contributed by atoms with Crippen LogP contribution in [0, 0.1) is 0 Å². The van der Waals surface area contributed by atoms with Gasteiger partial charge in [0.2, 0.25) is 0 Å². The minimum absolute atomic E-state index is 0.135. The van der Waals surface area contributed by atoms with Crippen LogP contribution in [0.1, 0.15) is 232 Å². The molecule has 468 valence electrons. The summed E-state index contributed by atoms with van der Waals surface area (Å²) >= 11 is 0. The van der Waals surface area contributed by atoms with Gasteiger partial charge in [-0.15, -0.1) is 0 Å². The summed E-state index contributed by atoms with van der Waals surface area (Å²) < 4.78 is 22.7. The van der Waals surface area contributed by atoms with E-state index < -0.39 is 24.3 Å². The van der Waals surface area contributed by atoms with E-state index in [1.165, 1.54) is 64.2 Å². The van der Waals surface area contributed by atoms with Crippen LogP contribution in [0.2, 0.25) is 0 Å². The summed E-state index contributed by atoms with van der Waals surface area (Å²) in [6.45, 7) is 4.47. The number of carbonyl (C=O) groups is 3. The summed E-state index contributed by atoms with van der Waals surface area (Å²) in [7, 11) is 5.91. The van der Waals surface area contributed by atoms with Gasteiger partial charge in [0.05, 0.1) is 40.3 Å². The van der Waals surface area contributed by atoms with Gasteiger partial charge in [-0.3, -0.25) is 9.59 Å². The largest absolute Gasteiger partial charge is 0.545 e. The van der Waals surface area contributed by atoms with Gasteiger partial charge in [0, 0.05) is 12.8 Å². The molecule has 0 aliphatic rings. The van der Waals surface area contributed by atoms with Gasteiger partial charge in [0.15, 0.2) is 12.4 Å². The van der Waals surface area contributed by atoms with Crippen LogP contribution in [0.4, 0.5) is 0 Å². The summed E-state index contributed by atoms with van der Waals surface area (Å²) in [6.07, 6.45) is 90.2. The Morgan fingerprint density at radius 2 is 0.651 bits per heavy atom. The van der Waals surface area contributed by atoms with Crippen molar-refractivity contribution in [3.8, 4) is 0 Å². The number of rotatable bonds is 58. The second kappa shape index (κ2) is 62.9. The van der Waals surface area contributed by atoms with Crippen LogP contribution in [0.3, 0.4) is 0 Å². The molecule has 0 bridgehead atoms. The van der Waals surface area contributed by atoms with Crippen LogP contribution in [0.5, 0.6) is 0 Å². The lowest BCUT2D eigenvalue weighted by Gasteiger charge is -2.26. The molecule has 2 atom stereocenters. The number of ether oxygens (including phenoxy) is 4. The van der Waals surface area contributed by atoms with E-state index in [2.05, 4.69) is 172 Å². The lowest BCUT2D eigenvalue weighted by atomic mass is 10.0. The zero-order valence-corrected chi connectivity index (χ0v) is 53.2. The van der Waals surface area contributed by atoms with Crippen LogP contribution < -0.4 is 5.11 Å². The van der Waals surface area contributed by atoms with E-state index in [0.29, 0.717) is 23.9 Å². The number of carboxylic acids is 1. The quantitative estimate of drug-likeness (QED) is 0.0195. The molecule has 9 nitrogen and oxygen atoms in total. The first-order valence-corrected chi connectivity index (χ1v) is 32.6. The van der Waals surface area contributed by atoms with Crippen LogP contribution >= 0.6 is 0 Å². The number of unbranched alkanes of at least 4 members (excludes halogenated alkanes) is 17. The van der Waals surface area contributed by atoms with Gasteiger partial charge in [-0.25, -0.2) is 0 Å². The SMILES string of the molecule is CC/C=C\C/C=C\C/C=C\C/C=C\C/C=C\C/C=C\C/C=C\CCCCCCCCCCCCCCCC(=O)OC(COC(=O)CCCCCC/C=C\C/C=C\C/C=C\C/C=C\C/C=C\C/C=C\CC)COC(OCC[N+](C)(C)C)C(=O)[O-]. The number of quaternary nitrogens is 1. The Morgan fingerprint density at radius 3 is 0.964 bits per heavy atom. The second-order valence-corrected chi connectivity index (χ2v) is 22.3. The van der Waals surface area contributed by atoms with Gasteiger partial charge in [-0.1, -0.05) is 255 Å². The number of carboxylic acid groups (broad SMARTS) is 1. The predicted octanol–water partition coefficient (Wildman–Crippen LogP) is 18.8. The van der Waals surface area contributed by atoms with Gasteiger partial charge in [-0.2, -0.15) is 0 Å². The van der Waals surface area contributed by atoms with E-state index in [0.717, 1.165) is 128 Å². The number of hydrogen-bond acceptors (Lipinski definition) is 8. The van der Waals surface area contributed by atoms with E-state index in [4.69, 9.17) is 18.9 Å². The topological polar surface area (TPSA) is 111 Å². The highest BCUT2D eigenvalue weighted by molar-refractivity contribution is 5.70. The van der Waals surface area contributed by atoms with Gasteiger partial charge in [0.25, 0.3) is 0 Å². The van der Waals surface area contributed by atoms with Crippen LogP contribution in [0.25, 0.3) is 0 Å². The van der Waals surface area contributed by atoms with E-state index in [9.17, 15) is 19.5 Å². The minimum atomic E-state index is -1.64. The van der Waals surface area contributed by atoms with Crippen LogP contribution in [-0.2, 0) is 33.3 Å². The van der Waals surface area contributed by atoms with Crippen molar-refractivity contribution in [1.29, 1.82) is 0 Å². The standard InChI is InChI=1S/C74H119NO8/c1-6-8-10-12-14-16-18-20-22-24-26-28-30-31-32-33-34-35-36-37-38-39-40-41-43-45-47-49-51-53-55-57-59-61-63-65-72(77)83-70(69-82-74(73(78)79)80-67-66-75(3,4)5)68-81-71(76)64-62-60-58-56-54-52-50-48-46-44-42-29-27-25-23-21-19-17-15-13-11-9-7-2/h8-11,14-17,20-23,26-29,31-32,34-35,37-38,44,46,50,52,70,74H,6-7,12-13,18-19,24-25,30,33,36,39-43,45,47-49,51,53-69H2,1-5H3/b10-8-,11-9-,16-14-,17-15-,22-20-,23-21-,28-26-,29-27-,32-31-,35-34-,38-37-,46-44-,52-50-. The van der Waals surface area contributed by atoms with Gasteiger partial charge < -0.3 is 33.3 Å². The third-order valence-electron chi connectivity index (χ3n) is 13.3. The van der Waals surface area contributed by atoms with Crippen molar-refractivity contribution in [2.24, 2.45) is 0 Å². The number of allylic oxidation sites excluding steroid dienone is 26. The summed E-state index contributed by atoms with van der Waals surface area (Å²) in [5.74, 6) is -2.33. The van der Waals surface area contributed by atoms with Crippen molar-refractivity contribution in [3.05, 3.63) is 158 Å². The lowest BCUT2D eigenvalue weighted by molar-refractivity contribution is -0.870. The first-order valence-electron chi connectivity index (χ1n) is 32.6. The Balaban J connectivity index is 4.23. The molecule has 0 aromatic rings. The minimum Gasteiger partial charge on any atom is -0.545 e. The number of carbonyl (C=O) groups excluding carboxylic acids is 3. The molecule has 0 aromatic carbocycles. The summed E-state index contributed by atoms with van der Waals surface area (Å²) in [5.41, 5.74) is 0. The maximum absolute atomic E-state index is 12.9. The van der Waals surface area contributed by atoms with Crippen molar-refractivity contribution >= 4 is 17.9 Å². The summed E-state index contributed by atoms with van der Waals surface area (Å²) in [6, 6.07) is 0. The lowest BCUT2D eigenvalue weighted by Crippen LogP contribution is -2.44. The Hall–Kier alpha value is -5.09. The van der Waals surface area contributed by atoms with Crippen LogP contribution in [0.15, 0.2) is 158 Å². The molecule has 0 fully saturated rings. The monoisotopic (exact) mass is 1150 g/mol. The zero-order valence-electron chi connectivity index (χ0n) is 53.2. The Labute approximate surface area is 508 Å². The number of esters is 2. The summed E-state index contributed by atoms with van der Waals surface area (Å²) in [5, 5.41) is 11.8. The van der Waals surface area contributed by atoms with Gasteiger partial charge >= 0.3 is 11.9 Å². The molecular formula is C74H119NO8. The molecule has 0 aliphatic heterocycles. The molecule has 9 heteroatoms. The fourth-order valence-corrected chi connectivity index (χ4v) is 8.34. The number of aliphatic carboxylic acids is 1. The molecule has 83 heavy (non-hydrogen) atoms. The van der Waals surface area contributed by atoms with E-state index in [1.54, 1.807) is 0 Å². The van der Waals surface area contributed by atoms with Gasteiger partial charge in [0.1, 0.15) is 13.2 Å². The van der Waals surface area contributed by atoms with Crippen molar-refractivity contribution in [2.45, 2.75) is 245 Å². The van der Waals surface area contributed by atoms with Crippen LogP contribution in [-0.4, -0.2) is 82.3 Å². The maximum atomic E-state index is 12.9. The number of likely N-dealkylation sites (N-methyl/N-ethyl adjacent to an activating group) is 1. The highest BCUT2D eigenvalue weighted by atomic mass is 16.7. The molecule has 0 amide bonds. The zero-order chi connectivity index (χ0) is 60.5. The molecule has 0 N–H and O–H groups in total. The van der Waals surface area contributed by atoms with Crippen molar-refractivity contribution in [1.82, 2.24) is 0 Å². The fraction of sp³-hybridized carbons (Fsp3) is 0.608. The summed E-state index contributed by atoms with van der Waals surface area (Å²) in [4.78, 5) is 37.4. The fourth-order valence-electron chi connectivity index (χ4n) is 8.34. The van der Waals surface area contributed by atoms with E-state index in [1.807, 2.05) is 21.1 Å². The third kappa shape index (κ3) is 64.3. The molecule has 0 rings (SSSR count). The van der Waals surface area contributed by atoms with Crippen molar-refractivity contribution in [2.75, 3.05) is 47.5 Å². The van der Waals surface area contributed by atoms with E-state index >= 15 is 0 Å². The normalized spacial score (nSPS) is 13.8. The number of nitrogens with zero attached hydrogens (tertiary/aromatic N) is 1.